The lowest BCUT2D eigenvalue weighted by Crippen LogP contribution is -2.36. The molecule has 1 aliphatic heterocycles. The molecule has 0 saturated heterocycles. The molecule has 2 aromatic rings. The highest BCUT2D eigenvalue weighted by molar-refractivity contribution is 14.0. The second-order valence-electron chi connectivity index (χ2n) is 8.08. The van der Waals surface area contributed by atoms with E-state index in [0.29, 0.717) is 25.3 Å². The topological polar surface area (TPSA) is 75.2 Å². The highest BCUT2D eigenvalue weighted by Crippen LogP contribution is 2.35. The number of nitrogens with zero attached hydrogens (tertiary/aromatic N) is 2. The molecule has 0 radical (unpaired) electrons. The van der Waals surface area contributed by atoms with Gasteiger partial charge < -0.3 is 25.0 Å². The van der Waals surface area contributed by atoms with Crippen molar-refractivity contribution < 1.29 is 14.3 Å². The van der Waals surface area contributed by atoms with Gasteiger partial charge in [0.1, 0.15) is 17.6 Å². The number of carbonyl (C=O) groups is 1. The van der Waals surface area contributed by atoms with Gasteiger partial charge >= 0.3 is 0 Å². The molecule has 0 fully saturated rings. The van der Waals surface area contributed by atoms with Crippen LogP contribution >= 0.6 is 24.0 Å². The van der Waals surface area contributed by atoms with Crippen molar-refractivity contribution in [1.82, 2.24) is 15.5 Å². The number of nitrogens with one attached hydrogen (secondary N) is 2. The van der Waals surface area contributed by atoms with Crippen LogP contribution in [-0.2, 0) is 19.5 Å². The minimum atomic E-state index is -0.00659. The van der Waals surface area contributed by atoms with Gasteiger partial charge in [0, 0.05) is 50.3 Å². The van der Waals surface area contributed by atoms with E-state index in [-0.39, 0.29) is 36.0 Å². The molecule has 0 spiro atoms. The Balaban J connectivity index is 0.00000385. The number of benzene rings is 2. The summed E-state index contributed by atoms with van der Waals surface area (Å²) < 4.78 is 11.8. The molecule has 0 bridgehead atoms. The van der Waals surface area contributed by atoms with Crippen LogP contribution in [0.2, 0.25) is 0 Å². The molecule has 180 valence electrons. The van der Waals surface area contributed by atoms with Crippen LogP contribution in [-0.4, -0.2) is 50.1 Å². The van der Waals surface area contributed by atoms with Crippen LogP contribution in [0.25, 0.3) is 0 Å². The van der Waals surface area contributed by atoms with Crippen LogP contribution in [0.5, 0.6) is 11.5 Å². The summed E-state index contributed by atoms with van der Waals surface area (Å²) in [5, 5.41) is 6.68. The van der Waals surface area contributed by atoms with Crippen molar-refractivity contribution in [3.05, 3.63) is 58.7 Å². The van der Waals surface area contributed by atoms with E-state index in [1.807, 2.05) is 38.1 Å². The van der Waals surface area contributed by atoms with Gasteiger partial charge in [0.25, 0.3) is 5.91 Å². The molecular weight excluding hydrogens is 531 g/mol. The molecule has 0 saturated carbocycles. The minimum absolute atomic E-state index is 0. The third-order valence-corrected chi connectivity index (χ3v) is 5.20. The van der Waals surface area contributed by atoms with E-state index in [1.54, 1.807) is 19.0 Å². The van der Waals surface area contributed by atoms with Gasteiger partial charge in [-0.3, -0.25) is 4.79 Å². The maximum Gasteiger partial charge on any atom is 0.253 e. The summed E-state index contributed by atoms with van der Waals surface area (Å²) >= 11 is 0. The van der Waals surface area contributed by atoms with E-state index in [1.165, 1.54) is 5.56 Å². The van der Waals surface area contributed by atoms with Crippen LogP contribution in [0.1, 0.15) is 47.8 Å². The van der Waals surface area contributed by atoms with Gasteiger partial charge in [-0.25, -0.2) is 4.99 Å². The number of halogens is 1. The van der Waals surface area contributed by atoms with Crippen molar-refractivity contribution in [3.63, 3.8) is 0 Å². The third kappa shape index (κ3) is 7.25. The summed E-state index contributed by atoms with van der Waals surface area (Å²) in [5.74, 6) is 2.53. The number of carbonyl (C=O) groups excluding carboxylic acids is 1. The predicted molar refractivity (Wildman–Crippen MR) is 143 cm³/mol. The summed E-state index contributed by atoms with van der Waals surface area (Å²) in [5.41, 5.74) is 3.94. The quantitative estimate of drug-likeness (QED) is 0.287. The summed E-state index contributed by atoms with van der Waals surface area (Å²) in [6.07, 6.45) is 1.10. The molecule has 0 aromatic heterocycles. The summed E-state index contributed by atoms with van der Waals surface area (Å²) in [7, 11) is 3.50. The van der Waals surface area contributed by atoms with Crippen molar-refractivity contribution in [3.8, 4) is 11.5 Å². The van der Waals surface area contributed by atoms with Crippen molar-refractivity contribution >= 4 is 35.8 Å². The molecule has 1 heterocycles. The molecule has 0 aliphatic carbocycles. The summed E-state index contributed by atoms with van der Waals surface area (Å²) in [6, 6.07) is 11.7. The molecule has 1 atom stereocenters. The zero-order valence-electron chi connectivity index (χ0n) is 20.1. The maximum absolute atomic E-state index is 12.0. The number of guanidine groups is 1. The SMILES string of the molecule is CCNC(=NCc1ccc(C(=O)N(C)C)cc1)NCc1cc2c(cc1OCC)CC(C)O2.I. The van der Waals surface area contributed by atoms with E-state index in [2.05, 4.69) is 29.7 Å². The van der Waals surface area contributed by atoms with Gasteiger partial charge in [-0.1, -0.05) is 12.1 Å². The molecule has 8 heteroatoms. The van der Waals surface area contributed by atoms with Gasteiger partial charge in [0.2, 0.25) is 0 Å². The molecule has 1 amide bonds. The lowest BCUT2D eigenvalue weighted by Gasteiger charge is -2.15. The van der Waals surface area contributed by atoms with Gasteiger partial charge in [-0.15, -0.1) is 24.0 Å². The molecule has 2 aromatic carbocycles. The fourth-order valence-corrected chi connectivity index (χ4v) is 3.61. The molecule has 1 aliphatic rings. The highest BCUT2D eigenvalue weighted by atomic mass is 127. The average Bonchev–Trinajstić information content (AvgIpc) is 3.14. The first-order valence-electron chi connectivity index (χ1n) is 11.2. The van der Waals surface area contributed by atoms with Crippen molar-refractivity contribution in [2.75, 3.05) is 27.2 Å². The largest absolute Gasteiger partial charge is 0.494 e. The Labute approximate surface area is 214 Å². The number of aliphatic imine (C=N–C) groups is 1. The van der Waals surface area contributed by atoms with Crippen molar-refractivity contribution in [2.24, 2.45) is 4.99 Å². The third-order valence-electron chi connectivity index (χ3n) is 5.20. The standard InChI is InChI=1S/C25H34N4O3.HI/c1-6-26-25(27-15-18-8-10-19(11-9-18)24(30)29(4)5)28-16-21-14-23-20(12-17(3)32-23)13-22(21)31-7-2;/h8-11,13-14,17H,6-7,12,15-16H2,1-5H3,(H2,26,27,28);1H. The first kappa shape index (κ1) is 26.8. The van der Waals surface area contributed by atoms with E-state index >= 15 is 0 Å². The van der Waals surface area contributed by atoms with E-state index in [4.69, 9.17) is 14.5 Å². The predicted octanol–water partition coefficient (Wildman–Crippen LogP) is 3.98. The van der Waals surface area contributed by atoms with Crippen LogP contribution in [0.15, 0.2) is 41.4 Å². The minimum Gasteiger partial charge on any atom is -0.494 e. The molecule has 7 nitrogen and oxygen atoms in total. The van der Waals surface area contributed by atoms with E-state index < -0.39 is 0 Å². The maximum atomic E-state index is 12.0. The van der Waals surface area contributed by atoms with Crippen LogP contribution < -0.4 is 20.1 Å². The zero-order chi connectivity index (χ0) is 23.1. The van der Waals surface area contributed by atoms with Crippen LogP contribution in [0.4, 0.5) is 0 Å². The smallest absolute Gasteiger partial charge is 0.253 e. The fourth-order valence-electron chi connectivity index (χ4n) is 3.61. The van der Waals surface area contributed by atoms with Crippen LogP contribution in [0, 0.1) is 0 Å². The molecule has 2 N–H and O–H groups in total. The number of amides is 1. The van der Waals surface area contributed by atoms with Gasteiger partial charge in [0.05, 0.1) is 13.2 Å². The van der Waals surface area contributed by atoms with Crippen molar-refractivity contribution in [2.45, 2.75) is 46.4 Å². The zero-order valence-corrected chi connectivity index (χ0v) is 22.4. The number of hydrogen-bond donors (Lipinski definition) is 2. The Morgan fingerprint density at radius 1 is 1.18 bits per heavy atom. The lowest BCUT2D eigenvalue weighted by atomic mass is 10.1. The second-order valence-corrected chi connectivity index (χ2v) is 8.08. The average molecular weight is 566 g/mol. The Kier molecular flexibility index (Phi) is 10.3. The molecular formula is C25H35IN4O3. The Hall–Kier alpha value is -2.49. The molecule has 1 unspecified atom stereocenters. The Morgan fingerprint density at radius 3 is 2.55 bits per heavy atom. The number of ether oxygens (including phenoxy) is 2. The highest BCUT2D eigenvalue weighted by Gasteiger charge is 2.22. The Morgan fingerprint density at radius 2 is 1.91 bits per heavy atom. The number of rotatable bonds is 8. The normalized spacial score (nSPS) is 14.6. The van der Waals surface area contributed by atoms with Gasteiger partial charge in [-0.2, -0.15) is 0 Å². The van der Waals surface area contributed by atoms with Gasteiger partial charge in [0.15, 0.2) is 5.96 Å². The lowest BCUT2D eigenvalue weighted by molar-refractivity contribution is 0.0827. The first-order valence-corrected chi connectivity index (χ1v) is 11.2. The molecule has 3 rings (SSSR count). The van der Waals surface area contributed by atoms with Crippen LogP contribution in [0.3, 0.4) is 0 Å². The van der Waals surface area contributed by atoms with Gasteiger partial charge in [-0.05, 0) is 50.6 Å². The Bertz CT molecular complexity index is 961. The second kappa shape index (κ2) is 12.7. The van der Waals surface area contributed by atoms with E-state index in [9.17, 15) is 4.79 Å². The number of hydrogen-bond acceptors (Lipinski definition) is 4. The summed E-state index contributed by atoms with van der Waals surface area (Å²) in [4.78, 5) is 18.3. The molecule has 33 heavy (non-hydrogen) atoms. The monoisotopic (exact) mass is 566 g/mol. The van der Waals surface area contributed by atoms with Crippen molar-refractivity contribution in [1.29, 1.82) is 0 Å². The fraction of sp³-hybridized carbons (Fsp3) is 0.440. The van der Waals surface area contributed by atoms with E-state index in [0.717, 1.165) is 41.6 Å². The summed E-state index contributed by atoms with van der Waals surface area (Å²) in [6.45, 7) is 8.56. The first-order chi connectivity index (χ1) is 15.4. The number of fused-ring (bicyclic) bond motifs is 1.